The van der Waals surface area contributed by atoms with Gasteiger partial charge in [-0.2, -0.15) is 0 Å². The van der Waals surface area contributed by atoms with Crippen molar-refractivity contribution in [3.63, 3.8) is 0 Å². The van der Waals surface area contributed by atoms with E-state index >= 15 is 0 Å². The molecule has 2 rings (SSSR count). The number of carbonyl (C=O) groups excluding carboxylic acids is 2. The molecule has 0 saturated carbocycles. The van der Waals surface area contributed by atoms with Gasteiger partial charge in [0.05, 0.1) is 18.2 Å². The maximum Gasteiger partial charge on any atom is 0.412 e. The van der Waals surface area contributed by atoms with Gasteiger partial charge in [-0.3, -0.25) is 5.32 Å². The first-order valence-corrected chi connectivity index (χ1v) is 14.4. The van der Waals surface area contributed by atoms with Gasteiger partial charge in [0.1, 0.15) is 16.8 Å². The van der Waals surface area contributed by atoms with Gasteiger partial charge in [-0.05, 0) is 69.2 Å². The molecular formula is C25H33Cl2FN4O6S. The average molecular weight is 608 g/mol. The number of nitrogens with one attached hydrogen (secondary N) is 3. The lowest BCUT2D eigenvalue weighted by molar-refractivity contribution is 0.0301. The number of urea groups is 1. The van der Waals surface area contributed by atoms with Crippen molar-refractivity contribution in [2.45, 2.75) is 43.7 Å². The SMILES string of the molecule is COC[C@@H](CN(CCCCNS(=O)(=O)c1ccc(Cl)cc1Cl)C(=O)NC(C)C)OC(=O)Nc1ccc(F)cc1. The molecule has 2 aromatic rings. The van der Waals surface area contributed by atoms with Crippen LogP contribution in [-0.4, -0.2) is 70.9 Å². The summed E-state index contributed by atoms with van der Waals surface area (Å²) in [6, 6.07) is 8.77. The van der Waals surface area contributed by atoms with E-state index in [1.165, 1.54) is 54.5 Å². The van der Waals surface area contributed by atoms with Crippen molar-refractivity contribution >= 4 is 51.0 Å². The monoisotopic (exact) mass is 606 g/mol. The number of ether oxygens (including phenoxy) is 2. The maximum absolute atomic E-state index is 13.1. The Morgan fingerprint density at radius 1 is 1.08 bits per heavy atom. The smallest absolute Gasteiger partial charge is 0.412 e. The van der Waals surface area contributed by atoms with E-state index in [4.69, 9.17) is 32.7 Å². The quantitative estimate of drug-likeness (QED) is 0.263. The number of hydrogen-bond acceptors (Lipinski definition) is 6. The van der Waals surface area contributed by atoms with Crippen LogP contribution in [0.15, 0.2) is 47.4 Å². The molecular weight excluding hydrogens is 574 g/mol. The summed E-state index contributed by atoms with van der Waals surface area (Å²) in [5.74, 6) is -0.445. The molecule has 3 amide bonds. The third-order valence-electron chi connectivity index (χ3n) is 5.17. The van der Waals surface area contributed by atoms with Crippen LogP contribution in [0.5, 0.6) is 0 Å². The van der Waals surface area contributed by atoms with E-state index in [1.54, 1.807) is 0 Å². The van der Waals surface area contributed by atoms with E-state index < -0.39 is 28.0 Å². The summed E-state index contributed by atoms with van der Waals surface area (Å²) in [6.45, 7) is 4.03. The topological polar surface area (TPSA) is 126 Å². The lowest BCUT2D eigenvalue weighted by atomic mass is 10.2. The minimum atomic E-state index is -3.84. The number of benzene rings is 2. The number of carbonyl (C=O) groups is 2. The molecule has 0 aliphatic carbocycles. The molecule has 0 aliphatic rings. The highest BCUT2D eigenvalue weighted by Gasteiger charge is 2.23. The fourth-order valence-electron chi connectivity index (χ4n) is 3.41. The normalized spacial score (nSPS) is 12.2. The second kappa shape index (κ2) is 15.8. The Labute approximate surface area is 238 Å². The van der Waals surface area contributed by atoms with Crippen LogP contribution in [-0.2, 0) is 19.5 Å². The molecule has 14 heteroatoms. The summed E-state index contributed by atoms with van der Waals surface area (Å²) in [6.07, 6.45) is -0.734. The first kappa shape index (κ1) is 32.6. The zero-order chi connectivity index (χ0) is 29.0. The minimum Gasteiger partial charge on any atom is -0.442 e. The lowest BCUT2D eigenvalue weighted by Crippen LogP contribution is -2.48. The van der Waals surface area contributed by atoms with Gasteiger partial charge in [-0.25, -0.2) is 27.1 Å². The van der Waals surface area contributed by atoms with Crippen LogP contribution in [0.4, 0.5) is 19.7 Å². The van der Waals surface area contributed by atoms with Crippen LogP contribution >= 0.6 is 23.2 Å². The van der Waals surface area contributed by atoms with Crippen LogP contribution < -0.4 is 15.4 Å². The predicted molar refractivity (Wildman–Crippen MR) is 148 cm³/mol. The first-order valence-electron chi connectivity index (χ1n) is 12.1. The third-order valence-corrected chi connectivity index (χ3v) is 7.35. The summed E-state index contributed by atoms with van der Waals surface area (Å²) < 4.78 is 51.3. The van der Waals surface area contributed by atoms with Crippen LogP contribution in [0.1, 0.15) is 26.7 Å². The molecule has 0 heterocycles. The molecule has 1 atom stereocenters. The van der Waals surface area contributed by atoms with Crippen molar-refractivity contribution in [2.75, 3.05) is 38.7 Å². The fourth-order valence-corrected chi connectivity index (χ4v) is 5.25. The van der Waals surface area contributed by atoms with E-state index in [0.717, 1.165) is 0 Å². The zero-order valence-electron chi connectivity index (χ0n) is 21.9. The van der Waals surface area contributed by atoms with Crippen molar-refractivity contribution < 1.29 is 31.9 Å². The number of hydrogen-bond donors (Lipinski definition) is 3. The Balaban J connectivity index is 1.95. The lowest BCUT2D eigenvalue weighted by Gasteiger charge is -2.28. The number of rotatable bonds is 14. The zero-order valence-corrected chi connectivity index (χ0v) is 24.2. The van der Waals surface area contributed by atoms with Crippen LogP contribution in [0.3, 0.4) is 0 Å². The third kappa shape index (κ3) is 11.6. The number of amides is 3. The van der Waals surface area contributed by atoms with Crippen LogP contribution in [0.2, 0.25) is 10.0 Å². The molecule has 3 N–H and O–H groups in total. The molecule has 0 aromatic heterocycles. The highest BCUT2D eigenvalue weighted by Crippen LogP contribution is 2.24. The summed E-state index contributed by atoms with van der Waals surface area (Å²) in [5, 5.41) is 5.64. The average Bonchev–Trinajstić information content (AvgIpc) is 2.83. The maximum atomic E-state index is 13.1. The summed E-state index contributed by atoms with van der Waals surface area (Å²) in [5.41, 5.74) is 0.342. The van der Waals surface area contributed by atoms with E-state index in [1.807, 2.05) is 13.8 Å². The molecule has 216 valence electrons. The number of anilines is 1. The molecule has 0 fully saturated rings. The van der Waals surface area contributed by atoms with Gasteiger partial charge >= 0.3 is 12.1 Å². The molecule has 0 spiro atoms. The number of sulfonamides is 1. The molecule has 0 radical (unpaired) electrons. The van der Waals surface area contributed by atoms with Gasteiger partial charge in [0.15, 0.2) is 0 Å². The number of unbranched alkanes of at least 4 members (excludes halogenated alkanes) is 1. The second-order valence-electron chi connectivity index (χ2n) is 8.84. The molecule has 10 nitrogen and oxygen atoms in total. The van der Waals surface area contributed by atoms with Crippen molar-refractivity contribution in [3.05, 3.63) is 58.3 Å². The van der Waals surface area contributed by atoms with Gasteiger partial charge in [-0.1, -0.05) is 23.2 Å². The van der Waals surface area contributed by atoms with E-state index in [-0.39, 0.29) is 48.2 Å². The van der Waals surface area contributed by atoms with Crippen molar-refractivity contribution in [1.29, 1.82) is 0 Å². The molecule has 2 aromatic carbocycles. The van der Waals surface area contributed by atoms with Gasteiger partial charge in [0.2, 0.25) is 10.0 Å². The van der Waals surface area contributed by atoms with Gasteiger partial charge in [0, 0.05) is 37.0 Å². The summed E-state index contributed by atoms with van der Waals surface area (Å²) in [7, 11) is -2.41. The summed E-state index contributed by atoms with van der Waals surface area (Å²) >= 11 is 11.8. The Hall–Kier alpha value is -2.64. The van der Waals surface area contributed by atoms with Crippen LogP contribution in [0, 0.1) is 5.82 Å². The fraction of sp³-hybridized carbons (Fsp3) is 0.440. The second-order valence-corrected chi connectivity index (χ2v) is 11.4. The highest BCUT2D eigenvalue weighted by molar-refractivity contribution is 7.89. The Bertz CT molecular complexity index is 1200. The molecule has 0 saturated heterocycles. The number of halogens is 3. The van der Waals surface area contributed by atoms with Gasteiger partial charge < -0.3 is 19.7 Å². The highest BCUT2D eigenvalue weighted by atomic mass is 35.5. The van der Waals surface area contributed by atoms with Crippen LogP contribution in [0.25, 0.3) is 0 Å². The van der Waals surface area contributed by atoms with Gasteiger partial charge in [0.25, 0.3) is 0 Å². The van der Waals surface area contributed by atoms with Crippen molar-refractivity contribution in [3.8, 4) is 0 Å². The van der Waals surface area contributed by atoms with Crippen molar-refractivity contribution in [2.24, 2.45) is 0 Å². The number of nitrogens with zero attached hydrogens (tertiary/aromatic N) is 1. The minimum absolute atomic E-state index is 0.0131. The van der Waals surface area contributed by atoms with E-state index in [9.17, 15) is 22.4 Å². The number of methoxy groups -OCH3 is 1. The predicted octanol–water partition coefficient (Wildman–Crippen LogP) is 4.87. The van der Waals surface area contributed by atoms with Crippen molar-refractivity contribution in [1.82, 2.24) is 14.9 Å². The Morgan fingerprint density at radius 3 is 2.38 bits per heavy atom. The first-order chi connectivity index (χ1) is 18.4. The molecule has 0 aliphatic heterocycles. The molecule has 39 heavy (non-hydrogen) atoms. The van der Waals surface area contributed by atoms with E-state index in [2.05, 4.69) is 15.4 Å². The molecule has 0 bridgehead atoms. The molecule has 0 unspecified atom stereocenters. The summed E-state index contributed by atoms with van der Waals surface area (Å²) in [4.78, 5) is 26.6. The Kier molecular flexibility index (Phi) is 13.2. The Morgan fingerprint density at radius 2 is 1.77 bits per heavy atom. The largest absolute Gasteiger partial charge is 0.442 e. The standard InChI is InChI=1S/C25H33Cl2FN4O6S/c1-17(2)30-24(33)32(13-5-4-12-29-39(35,36)23-11-6-18(26)14-22(23)27)15-21(16-37-3)38-25(34)31-20-9-7-19(28)8-10-20/h6-11,14,17,21,29H,4-5,12-13,15-16H2,1-3H3,(H,30,33)(H,31,34)/t21-/m1/s1. The van der Waals surface area contributed by atoms with Gasteiger partial charge in [-0.15, -0.1) is 0 Å². The van der Waals surface area contributed by atoms with E-state index in [0.29, 0.717) is 23.6 Å².